The van der Waals surface area contributed by atoms with Crippen molar-refractivity contribution in [3.63, 3.8) is 0 Å². The molecular formula is C15H23NO4S2. The molecule has 0 bridgehead atoms. The highest BCUT2D eigenvalue weighted by Crippen LogP contribution is 2.13. The lowest BCUT2D eigenvalue weighted by molar-refractivity contribution is -0.121. The molecule has 0 aromatic heterocycles. The first-order valence-corrected chi connectivity index (χ1v) is 10.1. The van der Waals surface area contributed by atoms with Gasteiger partial charge in [-0.1, -0.05) is 18.2 Å². The van der Waals surface area contributed by atoms with Crippen molar-refractivity contribution in [2.75, 3.05) is 24.3 Å². The van der Waals surface area contributed by atoms with Crippen LogP contribution in [0.5, 0.6) is 0 Å². The van der Waals surface area contributed by atoms with E-state index < -0.39 is 15.4 Å². The molecule has 0 heterocycles. The number of thioether (sulfide) groups is 1. The Morgan fingerprint density at radius 3 is 2.55 bits per heavy atom. The van der Waals surface area contributed by atoms with Crippen LogP contribution >= 0.6 is 11.8 Å². The summed E-state index contributed by atoms with van der Waals surface area (Å²) in [6.45, 7) is 1.78. The third-order valence-corrected chi connectivity index (χ3v) is 5.56. The minimum Gasteiger partial charge on any atom is -0.388 e. The monoisotopic (exact) mass is 345 g/mol. The van der Waals surface area contributed by atoms with E-state index in [1.165, 1.54) is 12.1 Å². The number of nitrogens with one attached hydrogen (secondary N) is 1. The maximum absolute atomic E-state index is 12.0. The summed E-state index contributed by atoms with van der Waals surface area (Å²) in [7, 11) is -3.45. The molecule has 0 unspecified atom stereocenters. The number of sulfone groups is 1. The van der Waals surface area contributed by atoms with E-state index in [2.05, 4.69) is 5.32 Å². The third-order valence-electron chi connectivity index (χ3n) is 3.21. The van der Waals surface area contributed by atoms with Crippen LogP contribution in [0.1, 0.15) is 19.8 Å². The zero-order chi connectivity index (χ0) is 16.6. The summed E-state index contributed by atoms with van der Waals surface area (Å²) in [5.74, 6) is 0.185. The molecule has 5 nitrogen and oxygen atoms in total. The summed E-state index contributed by atoms with van der Waals surface area (Å²) >= 11 is 1.62. The Balaban J connectivity index is 2.43. The first-order chi connectivity index (χ1) is 10.3. The first kappa shape index (κ1) is 19.0. The number of aliphatic hydroxyl groups is 1. The number of amides is 1. The fourth-order valence-corrected chi connectivity index (χ4v) is 3.67. The average molecular weight is 345 g/mol. The molecule has 1 aromatic carbocycles. The van der Waals surface area contributed by atoms with Gasteiger partial charge in [0.15, 0.2) is 9.84 Å². The molecule has 7 heteroatoms. The second-order valence-electron chi connectivity index (χ2n) is 5.40. The molecule has 0 aliphatic heterocycles. The van der Waals surface area contributed by atoms with Gasteiger partial charge in [-0.25, -0.2) is 8.42 Å². The molecule has 0 radical (unpaired) electrons. The molecule has 0 aliphatic rings. The minimum absolute atomic E-state index is 0.115. The van der Waals surface area contributed by atoms with Crippen LogP contribution < -0.4 is 5.32 Å². The quantitative estimate of drug-likeness (QED) is 0.708. The highest BCUT2D eigenvalue weighted by atomic mass is 32.2. The molecule has 124 valence electrons. The van der Waals surface area contributed by atoms with Crippen molar-refractivity contribution < 1.29 is 18.3 Å². The second-order valence-corrected chi connectivity index (χ2v) is 8.49. The van der Waals surface area contributed by atoms with Crippen molar-refractivity contribution in [1.29, 1.82) is 0 Å². The molecule has 1 aromatic rings. The van der Waals surface area contributed by atoms with Crippen molar-refractivity contribution in [1.82, 2.24) is 5.32 Å². The highest BCUT2D eigenvalue weighted by molar-refractivity contribution is 7.98. The van der Waals surface area contributed by atoms with Crippen LogP contribution in [0, 0.1) is 0 Å². The molecule has 1 atom stereocenters. The Labute approximate surface area is 136 Å². The van der Waals surface area contributed by atoms with E-state index in [-0.39, 0.29) is 29.5 Å². The lowest BCUT2D eigenvalue weighted by Gasteiger charge is -2.23. The maximum Gasteiger partial charge on any atom is 0.221 e. The van der Waals surface area contributed by atoms with Gasteiger partial charge in [-0.3, -0.25) is 4.79 Å². The van der Waals surface area contributed by atoms with Gasteiger partial charge in [-0.15, -0.1) is 0 Å². The predicted molar refractivity (Wildman–Crippen MR) is 89.7 cm³/mol. The first-order valence-electron chi connectivity index (χ1n) is 7.03. The van der Waals surface area contributed by atoms with E-state index in [9.17, 15) is 18.3 Å². The van der Waals surface area contributed by atoms with Crippen molar-refractivity contribution in [2.24, 2.45) is 0 Å². The van der Waals surface area contributed by atoms with Crippen molar-refractivity contribution in [3.05, 3.63) is 30.3 Å². The van der Waals surface area contributed by atoms with Gasteiger partial charge in [0, 0.05) is 13.0 Å². The van der Waals surface area contributed by atoms with Crippen LogP contribution in [-0.2, 0) is 14.6 Å². The predicted octanol–water partition coefficient (Wildman–Crippen LogP) is 1.47. The Morgan fingerprint density at radius 2 is 1.95 bits per heavy atom. The molecule has 22 heavy (non-hydrogen) atoms. The summed E-state index contributed by atoms with van der Waals surface area (Å²) < 4.78 is 24.1. The largest absolute Gasteiger partial charge is 0.388 e. The molecule has 0 aliphatic carbocycles. The number of benzene rings is 1. The van der Waals surface area contributed by atoms with Crippen molar-refractivity contribution in [2.45, 2.75) is 30.3 Å². The zero-order valence-corrected chi connectivity index (χ0v) is 14.5. The fourth-order valence-electron chi connectivity index (χ4n) is 1.76. The summed E-state index contributed by atoms with van der Waals surface area (Å²) in [6, 6.07) is 8.06. The van der Waals surface area contributed by atoms with Gasteiger partial charge < -0.3 is 10.4 Å². The van der Waals surface area contributed by atoms with Gasteiger partial charge in [0.25, 0.3) is 0 Å². The maximum atomic E-state index is 12.0. The topological polar surface area (TPSA) is 83.5 Å². The van der Waals surface area contributed by atoms with E-state index in [4.69, 9.17) is 0 Å². The van der Waals surface area contributed by atoms with Crippen LogP contribution in [0.2, 0.25) is 0 Å². The summed E-state index contributed by atoms with van der Waals surface area (Å²) in [4.78, 5) is 12.0. The standard InChI is InChI=1S/C15H23NO4S2/c1-15(18,9-10-21-2)12-16-14(17)8-11-22(19,20)13-6-4-3-5-7-13/h3-7,18H,8-12H2,1-2H3,(H,16,17)/t15-/m1/s1. The minimum atomic E-state index is -3.45. The number of hydrogen-bond acceptors (Lipinski definition) is 5. The Morgan fingerprint density at radius 1 is 1.32 bits per heavy atom. The van der Waals surface area contributed by atoms with Crippen LogP contribution in [0.4, 0.5) is 0 Å². The van der Waals surface area contributed by atoms with E-state index in [1.54, 1.807) is 36.9 Å². The normalized spacial score (nSPS) is 14.3. The van der Waals surface area contributed by atoms with Gasteiger partial charge in [-0.2, -0.15) is 11.8 Å². The molecule has 1 amide bonds. The number of carbonyl (C=O) groups excluding carboxylic acids is 1. The second kappa shape index (κ2) is 8.55. The summed E-state index contributed by atoms with van der Waals surface area (Å²) in [5.41, 5.74) is -0.975. The van der Waals surface area contributed by atoms with Crippen LogP contribution in [-0.4, -0.2) is 49.3 Å². The van der Waals surface area contributed by atoms with E-state index in [1.807, 2.05) is 6.26 Å². The van der Waals surface area contributed by atoms with Gasteiger partial charge in [-0.05, 0) is 37.5 Å². The van der Waals surface area contributed by atoms with Crippen LogP contribution in [0.3, 0.4) is 0 Å². The Bertz CT molecular complexity index is 570. The van der Waals surface area contributed by atoms with Gasteiger partial charge in [0.2, 0.25) is 5.91 Å². The fraction of sp³-hybridized carbons (Fsp3) is 0.533. The van der Waals surface area contributed by atoms with E-state index in [0.29, 0.717) is 6.42 Å². The molecule has 2 N–H and O–H groups in total. The van der Waals surface area contributed by atoms with Gasteiger partial charge >= 0.3 is 0 Å². The van der Waals surface area contributed by atoms with Crippen LogP contribution in [0.25, 0.3) is 0 Å². The number of carbonyl (C=O) groups is 1. The number of hydrogen-bond donors (Lipinski definition) is 2. The van der Waals surface area contributed by atoms with E-state index >= 15 is 0 Å². The summed E-state index contributed by atoms with van der Waals surface area (Å²) in [5, 5.41) is 12.6. The summed E-state index contributed by atoms with van der Waals surface area (Å²) in [6.07, 6.45) is 2.40. The SMILES string of the molecule is CSCC[C@@](C)(O)CNC(=O)CCS(=O)(=O)c1ccccc1. The zero-order valence-electron chi connectivity index (χ0n) is 12.9. The molecule has 0 fully saturated rings. The molecule has 0 saturated heterocycles. The Hall–Kier alpha value is -1.05. The van der Waals surface area contributed by atoms with Crippen molar-refractivity contribution in [3.8, 4) is 0 Å². The Kier molecular flexibility index (Phi) is 7.38. The van der Waals surface area contributed by atoms with E-state index in [0.717, 1.165) is 5.75 Å². The third kappa shape index (κ3) is 6.81. The molecule has 0 spiro atoms. The average Bonchev–Trinajstić information content (AvgIpc) is 2.50. The molecular weight excluding hydrogens is 322 g/mol. The molecule has 0 saturated carbocycles. The highest BCUT2D eigenvalue weighted by Gasteiger charge is 2.21. The smallest absolute Gasteiger partial charge is 0.221 e. The van der Waals surface area contributed by atoms with Gasteiger partial charge in [0.1, 0.15) is 0 Å². The van der Waals surface area contributed by atoms with Gasteiger partial charge in [0.05, 0.1) is 16.2 Å². The molecule has 1 rings (SSSR count). The lowest BCUT2D eigenvalue weighted by atomic mass is 10.0. The lowest BCUT2D eigenvalue weighted by Crippen LogP contribution is -2.41. The van der Waals surface area contributed by atoms with Crippen molar-refractivity contribution >= 4 is 27.5 Å². The van der Waals surface area contributed by atoms with Crippen LogP contribution in [0.15, 0.2) is 35.2 Å². The number of rotatable bonds is 9.